The number of carbonyl (C=O) groups is 2. The average Bonchev–Trinajstić information content (AvgIpc) is 2.23. The Morgan fingerprint density at radius 2 is 1.94 bits per heavy atom. The van der Waals surface area contributed by atoms with E-state index in [9.17, 15) is 19.0 Å². The van der Waals surface area contributed by atoms with Crippen LogP contribution in [0.2, 0.25) is 0 Å². The first-order chi connectivity index (χ1) is 7.76. The number of nitrogens with zero attached hydrogens (tertiary/aromatic N) is 1. The van der Waals surface area contributed by atoms with E-state index in [-0.39, 0.29) is 60.4 Å². The van der Waals surface area contributed by atoms with E-state index in [4.69, 9.17) is 10.4 Å². The van der Waals surface area contributed by atoms with Crippen LogP contribution in [0.25, 0.3) is 0 Å². The molecular weight excluding hydrogens is 276 g/mol. The van der Waals surface area contributed by atoms with Gasteiger partial charge in [-0.3, -0.25) is 25.3 Å². The number of hydrogen-bond acceptors (Lipinski definition) is 7. The van der Waals surface area contributed by atoms with Gasteiger partial charge in [-0.25, -0.2) is 10.5 Å². The van der Waals surface area contributed by atoms with Crippen molar-refractivity contribution in [2.75, 3.05) is 19.6 Å². The number of nitrogens with one attached hydrogen (secondary N) is 2. The van der Waals surface area contributed by atoms with Crippen LogP contribution in [0.15, 0.2) is 0 Å². The van der Waals surface area contributed by atoms with E-state index in [1.54, 1.807) is 0 Å². The van der Waals surface area contributed by atoms with Crippen LogP contribution in [0.1, 0.15) is 12.8 Å². The van der Waals surface area contributed by atoms with Crippen molar-refractivity contribution >= 4 is 19.2 Å². The van der Waals surface area contributed by atoms with Crippen molar-refractivity contribution in [2.45, 2.75) is 12.8 Å². The maximum Gasteiger partial charge on any atom is 1.00 e. The summed E-state index contributed by atoms with van der Waals surface area (Å²) in [4.78, 5) is 32.5. The Balaban J connectivity index is 0. The largest absolute Gasteiger partial charge is 1.00 e. The summed E-state index contributed by atoms with van der Waals surface area (Å²) >= 11 is 0. The quantitative estimate of drug-likeness (QED) is 0.121. The second kappa shape index (κ2) is 9.88. The predicted molar refractivity (Wildman–Crippen MR) is 54.2 cm³/mol. The molecule has 0 saturated heterocycles. The Bertz CT molecular complexity index is 322. The van der Waals surface area contributed by atoms with E-state index in [1.165, 1.54) is 5.48 Å². The van der Waals surface area contributed by atoms with Gasteiger partial charge in [-0.1, -0.05) is 0 Å². The molecule has 4 N–H and O–H groups in total. The van der Waals surface area contributed by atoms with Crippen LogP contribution in [0.5, 0.6) is 0 Å². The van der Waals surface area contributed by atoms with Crippen molar-refractivity contribution in [1.29, 1.82) is 0 Å². The molecule has 0 spiro atoms. The van der Waals surface area contributed by atoms with E-state index in [0.717, 1.165) is 6.66 Å². The molecule has 0 aromatic carbocycles. The molecule has 0 aromatic heterocycles. The standard InChI is InChI=1S/C7H16N3O6P.Na/c1-17(15,16)5-8-4-10(14)7(12)3-2-6(11)9-13;/h8,13-14H,2-5H2,1H3,(H,9,11)(H,15,16);/q;+1/p-1. The summed E-state index contributed by atoms with van der Waals surface area (Å²) in [7, 11) is -3.50. The molecule has 0 aliphatic rings. The zero-order valence-electron chi connectivity index (χ0n) is 10.3. The molecule has 0 heterocycles. The molecule has 0 bridgehead atoms. The second-order valence-electron chi connectivity index (χ2n) is 3.41. The second-order valence-corrected chi connectivity index (χ2v) is 5.75. The Morgan fingerprint density at radius 3 is 2.39 bits per heavy atom. The van der Waals surface area contributed by atoms with Gasteiger partial charge in [0.2, 0.25) is 11.8 Å². The minimum absolute atomic E-state index is 0. The van der Waals surface area contributed by atoms with Crippen LogP contribution in [-0.2, 0) is 14.2 Å². The third-order valence-electron chi connectivity index (χ3n) is 1.64. The van der Waals surface area contributed by atoms with Crippen LogP contribution >= 0.6 is 7.37 Å². The molecule has 9 nitrogen and oxygen atoms in total. The maximum absolute atomic E-state index is 11.1. The summed E-state index contributed by atoms with van der Waals surface area (Å²) in [6.45, 7) is 0.661. The smallest absolute Gasteiger partial charge is 0.799 e. The van der Waals surface area contributed by atoms with Gasteiger partial charge in [0.1, 0.15) is 0 Å². The summed E-state index contributed by atoms with van der Waals surface area (Å²) in [5, 5.41) is 19.9. The van der Waals surface area contributed by atoms with Crippen LogP contribution in [-0.4, -0.2) is 46.9 Å². The molecule has 0 rings (SSSR count). The first-order valence-electron chi connectivity index (χ1n) is 4.66. The minimum atomic E-state index is -3.50. The Hall–Kier alpha value is 0.0100. The Labute approximate surface area is 126 Å². The summed E-state index contributed by atoms with van der Waals surface area (Å²) < 4.78 is 10.7. The van der Waals surface area contributed by atoms with E-state index >= 15 is 0 Å². The van der Waals surface area contributed by atoms with Crippen LogP contribution < -0.4 is 45.2 Å². The molecule has 0 aliphatic heterocycles. The van der Waals surface area contributed by atoms with Gasteiger partial charge in [0.05, 0.1) is 6.67 Å². The summed E-state index contributed by atoms with van der Waals surface area (Å²) in [5.74, 6) is -1.52. The van der Waals surface area contributed by atoms with E-state index < -0.39 is 19.2 Å². The van der Waals surface area contributed by atoms with Crippen molar-refractivity contribution in [3.63, 3.8) is 0 Å². The van der Waals surface area contributed by atoms with E-state index in [0.29, 0.717) is 0 Å². The molecule has 100 valence electrons. The fraction of sp³-hybridized carbons (Fsp3) is 0.714. The van der Waals surface area contributed by atoms with Crippen molar-refractivity contribution in [2.24, 2.45) is 0 Å². The van der Waals surface area contributed by atoms with Crippen LogP contribution in [0, 0.1) is 0 Å². The van der Waals surface area contributed by atoms with Crippen LogP contribution in [0.4, 0.5) is 0 Å². The molecule has 0 saturated carbocycles. The van der Waals surface area contributed by atoms with Gasteiger partial charge in [0.15, 0.2) is 0 Å². The monoisotopic (exact) mass is 291 g/mol. The first-order valence-corrected chi connectivity index (χ1v) is 6.92. The van der Waals surface area contributed by atoms with Crippen molar-refractivity contribution in [3.8, 4) is 0 Å². The normalized spacial score (nSPS) is 13.1. The fourth-order valence-corrected chi connectivity index (χ4v) is 1.36. The maximum atomic E-state index is 11.1. The minimum Gasteiger partial charge on any atom is -0.799 e. The topological polar surface area (TPSA) is 142 Å². The van der Waals surface area contributed by atoms with Crippen molar-refractivity contribution < 1.29 is 59.0 Å². The predicted octanol–water partition coefficient (Wildman–Crippen LogP) is -4.73. The third kappa shape index (κ3) is 11.1. The summed E-state index contributed by atoms with van der Waals surface area (Å²) in [6.07, 6.45) is -0.930. The van der Waals surface area contributed by atoms with Gasteiger partial charge in [0, 0.05) is 26.5 Å². The zero-order chi connectivity index (χ0) is 13.5. The summed E-state index contributed by atoms with van der Waals surface area (Å²) in [5.41, 5.74) is 1.34. The molecule has 2 amide bonds. The molecule has 0 radical (unpaired) electrons. The summed E-state index contributed by atoms with van der Waals surface area (Å²) in [6, 6.07) is 0. The molecule has 0 aromatic rings. The van der Waals surface area contributed by atoms with Gasteiger partial charge in [-0.2, -0.15) is 0 Å². The molecule has 1 atom stereocenters. The molecule has 18 heavy (non-hydrogen) atoms. The average molecular weight is 291 g/mol. The molecule has 0 aliphatic carbocycles. The van der Waals surface area contributed by atoms with E-state index in [1.807, 2.05) is 0 Å². The van der Waals surface area contributed by atoms with Gasteiger partial charge in [-0.15, -0.1) is 0 Å². The molecule has 0 fully saturated rings. The van der Waals surface area contributed by atoms with E-state index in [2.05, 4.69) is 5.32 Å². The van der Waals surface area contributed by atoms with Gasteiger partial charge < -0.3 is 9.46 Å². The van der Waals surface area contributed by atoms with Gasteiger partial charge in [0.25, 0.3) is 0 Å². The van der Waals surface area contributed by atoms with Crippen LogP contribution in [0.3, 0.4) is 0 Å². The van der Waals surface area contributed by atoms with Crippen molar-refractivity contribution in [3.05, 3.63) is 0 Å². The zero-order valence-corrected chi connectivity index (χ0v) is 13.1. The molecule has 11 heteroatoms. The number of carbonyl (C=O) groups excluding carboxylic acids is 2. The Morgan fingerprint density at radius 1 is 1.39 bits per heavy atom. The molecular formula is C7H15N3NaO6P. The molecule has 1 unspecified atom stereocenters. The number of hydrogen-bond donors (Lipinski definition) is 4. The third-order valence-corrected chi connectivity index (χ3v) is 2.44. The van der Waals surface area contributed by atoms with Crippen molar-refractivity contribution in [1.82, 2.24) is 15.9 Å². The number of amides is 2. The van der Waals surface area contributed by atoms with Gasteiger partial charge in [-0.05, 0) is 6.66 Å². The SMILES string of the molecule is CP(=O)([O-])CNCN(O)C(=O)CCC(=O)NO.[Na+]. The fourth-order valence-electron chi connectivity index (χ4n) is 0.853. The van der Waals surface area contributed by atoms with Gasteiger partial charge >= 0.3 is 29.6 Å². The number of hydroxylamine groups is 3. The Kier molecular flexibility index (Phi) is 11.2. The number of rotatable bonds is 7. The first kappa shape index (κ1) is 20.3.